The highest BCUT2D eigenvalue weighted by molar-refractivity contribution is 6.36. The van der Waals surface area contributed by atoms with Gasteiger partial charge in [0.15, 0.2) is 5.82 Å². The van der Waals surface area contributed by atoms with Crippen LogP contribution in [0.4, 0.5) is 5.82 Å². The van der Waals surface area contributed by atoms with E-state index in [-0.39, 0.29) is 11.7 Å². The third-order valence-electron chi connectivity index (χ3n) is 3.98. The number of halogens is 3. The maximum absolute atomic E-state index is 12.5. The predicted octanol–water partition coefficient (Wildman–Crippen LogP) is 4.67. The van der Waals surface area contributed by atoms with Crippen molar-refractivity contribution in [3.05, 3.63) is 62.5 Å². The lowest BCUT2D eigenvalue weighted by atomic mass is 10.2. The van der Waals surface area contributed by atoms with Crippen molar-refractivity contribution in [1.29, 1.82) is 0 Å². The lowest BCUT2D eigenvalue weighted by Crippen LogP contribution is -2.14. The van der Waals surface area contributed by atoms with E-state index in [1.165, 1.54) is 6.20 Å². The Kier molecular flexibility index (Phi) is 5.55. The maximum Gasteiger partial charge on any atom is 0.260 e. The molecular weight excluding hydrogens is 397 g/mol. The number of aryl methyl sites for hydroxylation is 1. The van der Waals surface area contributed by atoms with E-state index >= 15 is 0 Å². The summed E-state index contributed by atoms with van der Waals surface area (Å²) in [6.07, 6.45) is 3.14. The number of nitrogens with zero attached hydrogens (tertiary/aromatic N) is 4. The van der Waals surface area contributed by atoms with Gasteiger partial charge in [0.1, 0.15) is 5.02 Å². The van der Waals surface area contributed by atoms with E-state index < -0.39 is 0 Å². The molecule has 26 heavy (non-hydrogen) atoms. The summed E-state index contributed by atoms with van der Waals surface area (Å²) in [6, 6.07) is 5.28. The third-order valence-corrected chi connectivity index (χ3v) is 4.96. The summed E-state index contributed by atoms with van der Waals surface area (Å²) in [5.41, 5.74) is 1.99. The van der Waals surface area contributed by atoms with Gasteiger partial charge in [0.25, 0.3) is 5.91 Å². The molecule has 3 rings (SSSR count). The monoisotopic (exact) mass is 411 g/mol. The molecule has 6 nitrogen and oxygen atoms in total. The fourth-order valence-corrected chi connectivity index (χ4v) is 3.29. The molecule has 0 unspecified atom stereocenters. The topological polar surface area (TPSA) is 64.7 Å². The highest BCUT2D eigenvalue weighted by Crippen LogP contribution is 2.27. The molecule has 0 aliphatic rings. The van der Waals surface area contributed by atoms with E-state index in [0.29, 0.717) is 33.7 Å². The van der Waals surface area contributed by atoms with Crippen LogP contribution >= 0.6 is 34.8 Å². The van der Waals surface area contributed by atoms with Crippen LogP contribution in [-0.2, 0) is 13.1 Å². The Morgan fingerprint density at radius 1 is 1.19 bits per heavy atom. The standard InChI is InChI=1S/C17H16Cl3N5O/c1-3-25-10(2)11(7-21-25)17(26)22-16-15(20)9-24(23-16)8-12-13(18)5-4-6-14(12)19/h4-7,9H,3,8H2,1-2H3,(H,22,23,26). The molecule has 136 valence electrons. The minimum Gasteiger partial charge on any atom is -0.304 e. The van der Waals surface area contributed by atoms with Crippen LogP contribution in [-0.4, -0.2) is 25.5 Å². The smallest absolute Gasteiger partial charge is 0.260 e. The van der Waals surface area contributed by atoms with Gasteiger partial charge in [-0.3, -0.25) is 14.2 Å². The average molecular weight is 413 g/mol. The molecule has 0 fully saturated rings. The van der Waals surface area contributed by atoms with Crippen LogP contribution in [0.5, 0.6) is 0 Å². The molecule has 0 spiro atoms. The molecule has 0 radical (unpaired) electrons. The number of amides is 1. The summed E-state index contributed by atoms with van der Waals surface area (Å²) in [6.45, 7) is 4.82. The quantitative estimate of drug-likeness (QED) is 0.662. The number of benzene rings is 1. The molecule has 2 heterocycles. The van der Waals surface area contributed by atoms with Crippen LogP contribution in [0.1, 0.15) is 28.5 Å². The molecule has 0 aliphatic carbocycles. The van der Waals surface area contributed by atoms with Crippen LogP contribution < -0.4 is 5.32 Å². The fraction of sp³-hybridized carbons (Fsp3) is 0.235. The summed E-state index contributed by atoms with van der Waals surface area (Å²) >= 11 is 18.6. The number of hydrogen-bond donors (Lipinski definition) is 1. The zero-order chi connectivity index (χ0) is 18.8. The number of carbonyl (C=O) groups is 1. The second-order valence-corrected chi connectivity index (χ2v) is 6.86. The number of aromatic nitrogens is 4. The summed E-state index contributed by atoms with van der Waals surface area (Å²) in [4.78, 5) is 12.5. The van der Waals surface area contributed by atoms with Crippen molar-refractivity contribution in [2.75, 3.05) is 5.32 Å². The lowest BCUT2D eigenvalue weighted by molar-refractivity contribution is 0.102. The first-order valence-corrected chi connectivity index (χ1v) is 9.03. The van der Waals surface area contributed by atoms with Crippen LogP contribution in [0.15, 0.2) is 30.6 Å². The fourth-order valence-electron chi connectivity index (χ4n) is 2.57. The van der Waals surface area contributed by atoms with Gasteiger partial charge in [0.2, 0.25) is 0 Å². The summed E-state index contributed by atoms with van der Waals surface area (Å²) in [5.74, 6) is -0.0476. The Bertz CT molecular complexity index is 943. The van der Waals surface area contributed by atoms with E-state index in [4.69, 9.17) is 34.8 Å². The van der Waals surface area contributed by atoms with E-state index in [9.17, 15) is 4.79 Å². The van der Waals surface area contributed by atoms with Gasteiger partial charge in [0, 0.05) is 34.0 Å². The van der Waals surface area contributed by atoms with Crippen LogP contribution in [0.25, 0.3) is 0 Å². The van der Waals surface area contributed by atoms with E-state index in [0.717, 1.165) is 11.3 Å². The Balaban J connectivity index is 1.80. The zero-order valence-corrected chi connectivity index (χ0v) is 16.4. The Morgan fingerprint density at radius 3 is 2.50 bits per heavy atom. The van der Waals surface area contributed by atoms with Crippen molar-refractivity contribution in [2.45, 2.75) is 26.9 Å². The molecule has 1 N–H and O–H groups in total. The van der Waals surface area contributed by atoms with E-state index in [1.54, 1.807) is 33.8 Å². The molecule has 0 aliphatic heterocycles. The van der Waals surface area contributed by atoms with E-state index in [2.05, 4.69) is 15.5 Å². The molecule has 0 bridgehead atoms. The van der Waals surface area contributed by atoms with Gasteiger partial charge in [-0.2, -0.15) is 10.2 Å². The highest BCUT2D eigenvalue weighted by Gasteiger charge is 2.17. The van der Waals surface area contributed by atoms with Crippen LogP contribution in [0.2, 0.25) is 15.1 Å². The van der Waals surface area contributed by atoms with Gasteiger partial charge < -0.3 is 5.32 Å². The first-order chi connectivity index (χ1) is 12.4. The highest BCUT2D eigenvalue weighted by atomic mass is 35.5. The van der Waals surface area contributed by atoms with Gasteiger partial charge >= 0.3 is 0 Å². The normalized spacial score (nSPS) is 11.0. The average Bonchev–Trinajstić information content (AvgIpc) is 3.13. The molecule has 3 aromatic rings. The molecule has 0 saturated carbocycles. The second kappa shape index (κ2) is 7.70. The summed E-state index contributed by atoms with van der Waals surface area (Å²) in [5, 5.41) is 12.6. The predicted molar refractivity (Wildman–Crippen MR) is 103 cm³/mol. The molecule has 0 atom stereocenters. The molecule has 1 amide bonds. The van der Waals surface area contributed by atoms with Crippen molar-refractivity contribution in [1.82, 2.24) is 19.6 Å². The number of carbonyl (C=O) groups excluding carboxylic acids is 1. The Hall–Kier alpha value is -2.02. The van der Waals surface area contributed by atoms with E-state index in [1.807, 2.05) is 13.8 Å². The number of hydrogen-bond acceptors (Lipinski definition) is 3. The molecule has 9 heteroatoms. The number of anilines is 1. The van der Waals surface area contributed by atoms with Gasteiger partial charge in [-0.05, 0) is 26.0 Å². The molecule has 2 aromatic heterocycles. The van der Waals surface area contributed by atoms with Crippen LogP contribution in [0, 0.1) is 6.92 Å². The van der Waals surface area contributed by atoms with Gasteiger partial charge in [0.05, 0.1) is 18.3 Å². The Labute approximate surface area is 165 Å². The first kappa shape index (κ1) is 18.8. The van der Waals surface area contributed by atoms with Gasteiger partial charge in [-0.1, -0.05) is 40.9 Å². The van der Waals surface area contributed by atoms with Crippen molar-refractivity contribution >= 4 is 46.5 Å². The van der Waals surface area contributed by atoms with Crippen molar-refractivity contribution in [3.63, 3.8) is 0 Å². The number of rotatable bonds is 5. The minimum atomic E-state index is -0.315. The molecule has 0 saturated heterocycles. The van der Waals surface area contributed by atoms with Crippen molar-refractivity contribution in [3.8, 4) is 0 Å². The number of nitrogens with one attached hydrogen (secondary N) is 1. The first-order valence-electron chi connectivity index (χ1n) is 7.90. The van der Waals surface area contributed by atoms with Crippen LogP contribution in [0.3, 0.4) is 0 Å². The molecule has 1 aromatic carbocycles. The largest absolute Gasteiger partial charge is 0.304 e. The maximum atomic E-state index is 12.5. The SMILES string of the molecule is CCn1ncc(C(=O)Nc2nn(Cc3c(Cl)cccc3Cl)cc2Cl)c1C. The third kappa shape index (κ3) is 3.72. The summed E-state index contributed by atoms with van der Waals surface area (Å²) < 4.78 is 3.32. The van der Waals surface area contributed by atoms with Crippen molar-refractivity contribution < 1.29 is 4.79 Å². The summed E-state index contributed by atoms with van der Waals surface area (Å²) in [7, 11) is 0. The van der Waals surface area contributed by atoms with Gasteiger partial charge in [-0.15, -0.1) is 0 Å². The molecular formula is C17H16Cl3N5O. The zero-order valence-electron chi connectivity index (χ0n) is 14.1. The minimum absolute atomic E-state index is 0.267. The van der Waals surface area contributed by atoms with Gasteiger partial charge in [-0.25, -0.2) is 0 Å². The Morgan fingerprint density at radius 2 is 1.88 bits per heavy atom. The second-order valence-electron chi connectivity index (χ2n) is 5.64. The lowest BCUT2D eigenvalue weighted by Gasteiger charge is -2.07. The van der Waals surface area contributed by atoms with Crippen molar-refractivity contribution in [2.24, 2.45) is 0 Å².